The Kier molecular flexibility index (Phi) is 6.67. The predicted octanol–water partition coefficient (Wildman–Crippen LogP) is 4.17. The minimum Gasteiger partial charge on any atom is -0.322 e. The zero-order chi connectivity index (χ0) is 18.4. The van der Waals surface area contributed by atoms with Gasteiger partial charge in [-0.05, 0) is 55.8 Å². The summed E-state index contributed by atoms with van der Waals surface area (Å²) in [6.07, 6.45) is 2.57. The number of halogens is 1. The molecule has 2 aromatic rings. The fraction of sp³-hybridized carbons (Fsp3) is 0.381. The van der Waals surface area contributed by atoms with E-state index >= 15 is 0 Å². The number of benzene rings is 2. The maximum absolute atomic E-state index is 12.4. The van der Waals surface area contributed by atoms with Crippen LogP contribution < -0.4 is 10.6 Å². The second-order valence-electron chi connectivity index (χ2n) is 6.69. The Labute approximate surface area is 160 Å². The fourth-order valence-electron chi connectivity index (χ4n) is 3.53. The summed E-state index contributed by atoms with van der Waals surface area (Å²) >= 11 is 6.10. The van der Waals surface area contributed by atoms with Crippen LogP contribution in [-0.2, 0) is 6.54 Å². The quantitative estimate of drug-likeness (QED) is 0.767. The number of anilines is 1. The molecular formula is C21H26ClN3O. The zero-order valence-electron chi connectivity index (χ0n) is 15.2. The van der Waals surface area contributed by atoms with Gasteiger partial charge in [0.15, 0.2) is 0 Å². The molecule has 0 radical (unpaired) electrons. The van der Waals surface area contributed by atoms with E-state index in [4.69, 9.17) is 11.6 Å². The van der Waals surface area contributed by atoms with E-state index in [1.165, 1.54) is 19.4 Å². The lowest BCUT2D eigenvalue weighted by Crippen LogP contribution is -2.37. The molecule has 0 bridgehead atoms. The van der Waals surface area contributed by atoms with Crippen molar-refractivity contribution in [1.29, 1.82) is 0 Å². The number of nitrogens with one attached hydrogen (secondary N) is 2. The molecule has 0 saturated carbocycles. The highest BCUT2D eigenvalue weighted by Crippen LogP contribution is 2.18. The summed E-state index contributed by atoms with van der Waals surface area (Å²) in [4.78, 5) is 14.9. The smallest absolute Gasteiger partial charge is 0.257 e. The highest BCUT2D eigenvalue weighted by molar-refractivity contribution is 6.34. The summed E-state index contributed by atoms with van der Waals surface area (Å²) in [7, 11) is 0. The molecule has 2 N–H and O–H groups in total. The normalized spacial score (nSPS) is 17.4. The number of rotatable bonds is 7. The van der Waals surface area contributed by atoms with Crippen LogP contribution in [0, 0.1) is 0 Å². The number of carbonyl (C=O) groups is 1. The van der Waals surface area contributed by atoms with Gasteiger partial charge in [0.25, 0.3) is 5.91 Å². The van der Waals surface area contributed by atoms with Gasteiger partial charge in [-0.15, -0.1) is 0 Å². The van der Waals surface area contributed by atoms with Crippen molar-refractivity contribution in [1.82, 2.24) is 10.2 Å². The van der Waals surface area contributed by atoms with Crippen LogP contribution in [0.25, 0.3) is 0 Å². The molecule has 26 heavy (non-hydrogen) atoms. The first kappa shape index (κ1) is 18.9. The molecule has 1 fully saturated rings. The molecule has 4 nitrogen and oxygen atoms in total. The summed E-state index contributed by atoms with van der Waals surface area (Å²) in [6.45, 7) is 6.36. The monoisotopic (exact) mass is 371 g/mol. The van der Waals surface area contributed by atoms with E-state index in [1.807, 2.05) is 30.3 Å². The highest BCUT2D eigenvalue weighted by atomic mass is 35.5. The molecule has 5 heteroatoms. The number of amides is 1. The number of hydrogen-bond acceptors (Lipinski definition) is 3. The van der Waals surface area contributed by atoms with Crippen LogP contribution in [0.2, 0.25) is 5.02 Å². The Bertz CT molecular complexity index is 750. The van der Waals surface area contributed by atoms with Crippen LogP contribution in [0.4, 0.5) is 5.69 Å². The molecule has 1 atom stereocenters. The van der Waals surface area contributed by atoms with Crippen molar-refractivity contribution in [2.24, 2.45) is 0 Å². The topological polar surface area (TPSA) is 44.4 Å². The lowest BCUT2D eigenvalue weighted by molar-refractivity contribution is 0.102. The first-order chi connectivity index (χ1) is 12.7. The Morgan fingerprint density at radius 2 is 2.08 bits per heavy atom. The van der Waals surface area contributed by atoms with Crippen LogP contribution in [0.1, 0.15) is 35.7 Å². The van der Waals surface area contributed by atoms with Crippen molar-refractivity contribution >= 4 is 23.2 Å². The third kappa shape index (κ3) is 4.85. The maximum Gasteiger partial charge on any atom is 0.257 e. The van der Waals surface area contributed by atoms with Crippen molar-refractivity contribution in [3.63, 3.8) is 0 Å². The Morgan fingerprint density at radius 3 is 2.88 bits per heavy atom. The third-order valence-corrected chi connectivity index (χ3v) is 5.25. The van der Waals surface area contributed by atoms with Crippen molar-refractivity contribution in [3.05, 3.63) is 64.7 Å². The second-order valence-corrected chi connectivity index (χ2v) is 7.10. The van der Waals surface area contributed by atoms with Gasteiger partial charge in [-0.3, -0.25) is 9.69 Å². The average Bonchev–Trinajstić information content (AvgIpc) is 3.10. The van der Waals surface area contributed by atoms with Crippen LogP contribution >= 0.6 is 11.6 Å². The molecule has 3 rings (SSSR count). The maximum atomic E-state index is 12.4. The molecule has 1 amide bonds. The molecule has 138 valence electrons. The lowest BCUT2D eigenvalue weighted by atomic mass is 10.1. The van der Waals surface area contributed by atoms with Gasteiger partial charge in [0.05, 0.1) is 10.6 Å². The summed E-state index contributed by atoms with van der Waals surface area (Å²) in [5.74, 6) is -0.190. The second kappa shape index (κ2) is 9.17. The van der Waals surface area contributed by atoms with Crippen LogP contribution in [0.15, 0.2) is 48.5 Å². The predicted molar refractivity (Wildman–Crippen MR) is 108 cm³/mol. The van der Waals surface area contributed by atoms with Gasteiger partial charge in [0.1, 0.15) is 0 Å². The molecule has 1 aliphatic rings. The molecule has 1 saturated heterocycles. The van der Waals surface area contributed by atoms with Crippen LogP contribution in [-0.4, -0.2) is 36.5 Å². The van der Waals surface area contributed by atoms with Gasteiger partial charge in [0, 0.05) is 24.8 Å². The molecule has 0 unspecified atom stereocenters. The molecular weight excluding hydrogens is 346 g/mol. The number of likely N-dealkylation sites (N-methyl/N-ethyl adjacent to an activating group) is 1. The third-order valence-electron chi connectivity index (χ3n) is 4.92. The standard InChI is InChI=1S/C21H26ClN3O/c1-2-25-12-6-9-18(25)15-23-14-16-7-5-8-17(13-16)24-21(26)19-10-3-4-11-20(19)22/h3-5,7-8,10-11,13,18,23H,2,6,9,12,14-15H2,1H3,(H,24,26)/t18-/m1/s1. The van der Waals surface area contributed by atoms with Gasteiger partial charge in [-0.25, -0.2) is 0 Å². The van der Waals surface area contributed by atoms with Gasteiger partial charge in [0.2, 0.25) is 0 Å². The largest absolute Gasteiger partial charge is 0.322 e. The van der Waals surface area contributed by atoms with E-state index < -0.39 is 0 Å². The van der Waals surface area contributed by atoms with Crippen molar-refractivity contribution in [2.75, 3.05) is 25.0 Å². The van der Waals surface area contributed by atoms with E-state index in [-0.39, 0.29) is 5.91 Å². The average molecular weight is 372 g/mol. The summed E-state index contributed by atoms with van der Waals surface area (Å²) in [5.41, 5.74) is 2.42. The van der Waals surface area contributed by atoms with Gasteiger partial charge in [-0.1, -0.05) is 42.8 Å². The number of hydrogen-bond donors (Lipinski definition) is 2. The van der Waals surface area contributed by atoms with E-state index in [0.717, 1.165) is 30.9 Å². The highest BCUT2D eigenvalue weighted by Gasteiger charge is 2.22. The number of likely N-dealkylation sites (tertiary alicyclic amines) is 1. The minimum absolute atomic E-state index is 0.190. The van der Waals surface area contributed by atoms with Crippen LogP contribution in [0.3, 0.4) is 0 Å². The summed E-state index contributed by atoms with van der Waals surface area (Å²) < 4.78 is 0. The Morgan fingerprint density at radius 1 is 1.23 bits per heavy atom. The first-order valence-corrected chi connectivity index (χ1v) is 9.64. The van der Waals surface area contributed by atoms with Gasteiger partial charge < -0.3 is 10.6 Å². The lowest BCUT2D eigenvalue weighted by Gasteiger charge is -2.23. The molecule has 0 aromatic heterocycles. The number of carbonyl (C=O) groups excluding carboxylic acids is 1. The van der Waals surface area contributed by atoms with Crippen molar-refractivity contribution < 1.29 is 4.79 Å². The van der Waals surface area contributed by atoms with E-state index in [9.17, 15) is 4.79 Å². The fourth-order valence-corrected chi connectivity index (χ4v) is 3.75. The molecule has 1 aliphatic heterocycles. The first-order valence-electron chi connectivity index (χ1n) is 9.27. The van der Waals surface area contributed by atoms with E-state index in [0.29, 0.717) is 16.6 Å². The summed E-state index contributed by atoms with van der Waals surface area (Å²) in [5, 5.41) is 6.94. The van der Waals surface area contributed by atoms with Crippen molar-refractivity contribution in [2.45, 2.75) is 32.4 Å². The molecule has 0 aliphatic carbocycles. The van der Waals surface area contributed by atoms with E-state index in [2.05, 4.69) is 28.5 Å². The molecule has 2 aromatic carbocycles. The number of nitrogens with zero attached hydrogens (tertiary/aromatic N) is 1. The zero-order valence-corrected chi connectivity index (χ0v) is 15.9. The molecule has 0 spiro atoms. The minimum atomic E-state index is -0.190. The summed E-state index contributed by atoms with van der Waals surface area (Å²) in [6, 6.07) is 15.7. The van der Waals surface area contributed by atoms with Gasteiger partial charge in [-0.2, -0.15) is 0 Å². The van der Waals surface area contributed by atoms with Crippen molar-refractivity contribution in [3.8, 4) is 0 Å². The van der Waals surface area contributed by atoms with Crippen LogP contribution in [0.5, 0.6) is 0 Å². The Balaban J connectivity index is 1.55. The van der Waals surface area contributed by atoms with E-state index in [1.54, 1.807) is 12.1 Å². The molecule has 1 heterocycles. The Hall–Kier alpha value is -1.88. The SMILES string of the molecule is CCN1CCC[C@@H]1CNCc1cccc(NC(=O)c2ccccc2Cl)c1. The van der Waals surface area contributed by atoms with Gasteiger partial charge >= 0.3 is 0 Å².